The Balaban J connectivity index is 1.32. The highest BCUT2D eigenvalue weighted by atomic mass is 32.1. The summed E-state index contributed by atoms with van der Waals surface area (Å²) >= 11 is 1.39. The lowest BCUT2D eigenvalue weighted by Gasteiger charge is -2.33. The largest absolute Gasteiger partial charge is 0.493 e. The zero-order valence-electron chi connectivity index (χ0n) is 18.5. The van der Waals surface area contributed by atoms with Crippen molar-refractivity contribution in [3.05, 3.63) is 40.3 Å². The van der Waals surface area contributed by atoms with Gasteiger partial charge in [0.15, 0.2) is 11.5 Å². The molecule has 0 unspecified atom stereocenters. The molecule has 32 heavy (non-hydrogen) atoms. The van der Waals surface area contributed by atoms with Crippen LogP contribution in [-0.4, -0.2) is 36.0 Å². The lowest BCUT2D eigenvalue weighted by Crippen LogP contribution is -2.54. The highest BCUT2D eigenvalue weighted by Gasteiger charge is 2.31. The van der Waals surface area contributed by atoms with Crippen LogP contribution in [0.3, 0.4) is 0 Å². The first kappa shape index (κ1) is 22.6. The Labute approximate surface area is 192 Å². The molecule has 0 aliphatic heterocycles. The van der Waals surface area contributed by atoms with Crippen LogP contribution >= 0.6 is 11.3 Å². The number of benzene rings is 1. The summed E-state index contributed by atoms with van der Waals surface area (Å²) in [5.41, 5.74) is 0.389. The van der Waals surface area contributed by atoms with E-state index in [9.17, 15) is 9.59 Å². The van der Waals surface area contributed by atoms with Gasteiger partial charge in [0.05, 0.1) is 7.11 Å². The van der Waals surface area contributed by atoms with E-state index in [-0.39, 0.29) is 36.4 Å². The van der Waals surface area contributed by atoms with Gasteiger partial charge in [0, 0.05) is 23.4 Å². The molecule has 1 heterocycles. The maximum Gasteiger partial charge on any atom is 0.271 e. The maximum absolute atomic E-state index is 12.8. The topological polar surface area (TPSA) is 89.6 Å². The van der Waals surface area contributed by atoms with E-state index >= 15 is 0 Å². The van der Waals surface area contributed by atoms with E-state index < -0.39 is 0 Å². The summed E-state index contributed by atoms with van der Waals surface area (Å²) in [6.45, 7) is 0.266. The van der Waals surface area contributed by atoms with Gasteiger partial charge in [-0.05, 0) is 37.8 Å². The van der Waals surface area contributed by atoms with Crippen molar-refractivity contribution in [2.24, 2.45) is 5.92 Å². The van der Waals surface area contributed by atoms with Gasteiger partial charge in [-0.3, -0.25) is 9.59 Å². The van der Waals surface area contributed by atoms with Crippen molar-refractivity contribution in [1.29, 1.82) is 0 Å². The van der Waals surface area contributed by atoms with Crippen LogP contribution < -0.4 is 20.1 Å². The van der Waals surface area contributed by atoms with E-state index in [4.69, 9.17) is 9.47 Å². The molecule has 7 nitrogen and oxygen atoms in total. The summed E-state index contributed by atoms with van der Waals surface area (Å²) in [6, 6.07) is 7.37. The number of aromatic nitrogens is 1. The van der Waals surface area contributed by atoms with Gasteiger partial charge >= 0.3 is 0 Å². The van der Waals surface area contributed by atoms with Crippen LogP contribution in [0.25, 0.3) is 0 Å². The van der Waals surface area contributed by atoms with E-state index in [0.717, 1.165) is 56.4 Å². The fourth-order valence-electron chi connectivity index (χ4n) is 4.57. The number of para-hydroxylation sites is 2. The number of ether oxygens (including phenoxy) is 2. The standard InChI is InChI=1S/C24H31N3O4S/c1-30-20-12-6-7-13-21(20)31-14-22-25-19(15-32-22)24(29)27-18-11-5-4-10-17(18)26-23(28)16-8-2-3-9-16/h6-7,12-13,15-18H,2-5,8-11,14H2,1H3,(H,26,28)(H,27,29)/t17-,18+/m0/s1. The summed E-state index contributed by atoms with van der Waals surface area (Å²) in [6.07, 6.45) is 8.13. The minimum absolute atomic E-state index is 0.00668. The number of hydrogen-bond donors (Lipinski definition) is 2. The summed E-state index contributed by atoms with van der Waals surface area (Å²) in [5.74, 6) is 1.39. The van der Waals surface area contributed by atoms with Crippen LogP contribution in [0, 0.1) is 5.92 Å². The Hall–Kier alpha value is -2.61. The fourth-order valence-corrected chi connectivity index (χ4v) is 5.25. The summed E-state index contributed by atoms with van der Waals surface area (Å²) in [5, 5.41) is 8.81. The number of methoxy groups -OCH3 is 1. The quantitative estimate of drug-likeness (QED) is 0.624. The molecule has 0 saturated heterocycles. The number of nitrogens with zero attached hydrogens (tertiary/aromatic N) is 1. The highest BCUT2D eigenvalue weighted by molar-refractivity contribution is 7.09. The average Bonchev–Trinajstić information content (AvgIpc) is 3.52. The molecule has 2 fully saturated rings. The first-order valence-corrected chi connectivity index (χ1v) is 12.3. The van der Waals surface area contributed by atoms with Gasteiger partial charge in [0.1, 0.15) is 17.3 Å². The van der Waals surface area contributed by atoms with Crippen molar-refractivity contribution >= 4 is 23.2 Å². The lowest BCUT2D eigenvalue weighted by atomic mass is 9.89. The first-order valence-electron chi connectivity index (χ1n) is 11.5. The van der Waals surface area contributed by atoms with Crippen molar-refractivity contribution in [2.45, 2.75) is 70.1 Å². The lowest BCUT2D eigenvalue weighted by molar-refractivity contribution is -0.125. The number of nitrogens with one attached hydrogen (secondary N) is 2. The highest BCUT2D eigenvalue weighted by Crippen LogP contribution is 2.28. The summed E-state index contributed by atoms with van der Waals surface area (Å²) in [4.78, 5) is 29.9. The van der Waals surface area contributed by atoms with Gasteiger partial charge in [0.2, 0.25) is 5.91 Å². The molecule has 2 aromatic rings. The zero-order chi connectivity index (χ0) is 22.3. The number of thiazole rings is 1. The number of carbonyl (C=O) groups excluding carboxylic acids is 2. The normalized spacial score (nSPS) is 21.2. The Morgan fingerprint density at radius 2 is 1.66 bits per heavy atom. The number of rotatable bonds is 8. The molecule has 1 aromatic heterocycles. The van der Waals surface area contributed by atoms with Crippen LogP contribution in [0.2, 0.25) is 0 Å². The van der Waals surface area contributed by atoms with Crippen LogP contribution in [-0.2, 0) is 11.4 Å². The van der Waals surface area contributed by atoms with Crippen molar-refractivity contribution in [2.75, 3.05) is 7.11 Å². The molecule has 2 aliphatic rings. The second kappa shape index (κ2) is 10.8. The third kappa shape index (κ3) is 5.59. The van der Waals surface area contributed by atoms with Crippen LogP contribution in [0.4, 0.5) is 0 Å². The molecular formula is C24H31N3O4S. The molecule has 0 radical (unpaired) electrons. The predicted octanol–water partition coefficient (Wildman–Crippen LogP) is 4.08. The number of hydrogen-bond acceptors (Lipinski definition) is 6. The molecule has 4 rings (SSSR count). The van der Waals surface area contributed by atoms with Crippen molar-refractivity contribution in [3.8, 4) is 11.5 Å². The summed E-state index contributed by atoms with van der Waals surface area (Å²) < 4.78 is 11.1. The maximum atomic E-state index is 12.8. The van der Waals surface area contributed by atoms with E-state index in [2.05, 4.69) is 15.6 Å². The van der Waals surface area contributed by atoms with Crippen LogP contribution in [0.15, 0.2) is 29.6 Å². The predicted molar refractivity (Wildman–Crippen MR) is 123 cm³/mol. The molecule has 2 atom stereocenters. The molecular weight excluding hydrogens is 426 g/mol. The van der Waals surface area contributed by atoms with Crippen LogP contribution in [0.5, 0.6) is 11.5 Å². The van der Waals surface area contributed by atoms with Crippen LogP contribution in [0.1, 0.15) is 66.9 Å². The van der Waals surface area contributed by atoms with Crippen molar-refractivity contribution in [3.63, 3.8) is 0 Å². The van der Waals surface area contributed by atoms with Crippen molar-refractivity contribution in [1.82, 2.24) is 15.6 Å². The van der Waals surface area contributed by atoms with E-state index in [0.29, 0.717) is 17.2 Å². The monoisotopic (exact) mass is 457 g/mol. The molecule has 2 saturated carbocycles. The first-order chi connectivity index (χ1) is 15.6. The Kier molecular flexibility index (Phi) is 7.63. The van der Waals surface area contributed by atoms with E-state index in [1.807, 2.05) is 24.3 Å². The van der Waals surface area contributed by atoms with Gasteiger partial charge in [-0.2, -0.15) is 0 Å². The smallest absolute Gasteiger partial charge is 0.271 e. The SMILES string of the molecule is COc1ccccc1OCc1nc(C(=O)N[C@@H]2CCCC[C@@H]2NC(=O)C2CCCC2)cs1. The zero-order valence-corrected chi connectivity index (χ0v) is 19.3. The Morgan fingerprint density at radius 1 is 1.00 bits per heavy atom. The molecule has 2 N–H and O–H groups in total. The average molecular weight is 458 g/mol. The molecule has 2 aliphatic carbocycles. The Bertz CT molecular complexity index is 925. The molecule has 0 spiro atoms. The number of carbonyl (C=O) groups is 2. The van der Waals surface area contributed by atoms with Gasteiger partial charge in [-0.15, -0.1) is 11.3 Å². The molecule has 172 valence electrons. The van der Waals surface area contributed by atoms with Gasteiger partial charge in [0.25, 0.3) is 5.91 Å². The third-order valence-electron chi connectivity index (χ3n) is 6.34. The second-order valence-corrected chi connectivity index (χ2v) is 9.47. The van der Waals surface area contributed by atoms with Gasteiger partial charge in [-0.25, -0.2) is 4.98 Å². The Morgan fingerprint density at radius 3 is 2.38 bits per heavy atom. The van der Waals surface area contributed by atoms with Gasteiger partial charge < -0.3 is 20.1 Å². The minimum atomic E-state index is -0.197. The molecule has 2 amide bonds. The minimum Gasteiger partial charge on any atom is -0.493 e. The van der Waals surface area contributed by atoms with Crippen molar-refractivity contribution < 1.29 is 19.1 Å². The van der Waals surface area contributed by atoms with E-state index in [1.54, 1.807) is 12.5 Å². The molecule has 8 heteroatoms. The fraction of sp³-hybridized carbons (Fsp3) is 0.542. The number of amides is 2. The summed E-state index contributed by atoms with van der Waals surface area (Å²) in [7, 11) is 1.60. The molecule has 0 bridgehead atoms. The second-order valence-electron chi connectivity index (χ2n) is 8.53. The van der Waals surface area contributed by atoms with E-state index in [1.165, 1.54) is 11.3 Å². The molecule has 1 aromatic carbocycles. The third-order valence-corrected chi connectivity index (χ3v) is 7.16. The van der Waals surface area contributed by atoms with Gasteiger partial charge in [-0.1, -0.05) is 37.8 Å².